The van der Waals surface area contributed by atoms with Gasteiger partial charge in [-0.15, -0.1) is 0 Å². The van der Waals surface area contributed by atoms with Crippen molar-refractivity contribution in [3.63, 3.8) is 0 Å². The van der Waals surface area contributed by atoms with E-state index in [0.717, 1.165) is 29.8 Å². The smallest absolute Gasteiger partial charge is 0.255 e. The zero-order valence-electron chi connectivity index (χ0n) is 13.2. The molecular weight excluding hydrogens is 288 g/mol. The summed E-state index contributed by atoms with van der Waals surface area (Å²) >= 11 is 0. The number of hydrogen-bond donors (Lipinski definition) is 1. The first-order valence-corrected chi connectivity index (χ1v) is 7.87. The van der Waals surface area contributed by atoms with Crippen LogP contribution in [-0.4, -0.2) is 23.3 Å². The van der Waals surface area contributed by atoms with Gasteiger partial charge in [0.1, 0.15) is 0 Å². The van der Waals surface area contributed by atoms with Crippen LogP contribution in [0.4, 0.5) is 5.69 Å². The lowest BCUT2D eigenvalue weighted by Gasteiger charge is -2.16. The largest absolute Gasteiger partial charge is 0.338 e. The predicted molar refractivity (Wildman–Crippen MR) is 90.2 cm³/mol. The van der Waals surface area contributed by atoms with Crippen LogP contribution in [0.2, 0.25) is 0 Å². The minimum atomic E-state index is -0.131. The fourth-order valence-corrected chi connectivity index (χ4v) is 2.81. The number of carbonyl (C=O) groups excluding carboxylic acids is 2. The molecule has 4 heteroatoms. The number of nitrogens with one attached hydrogen (secondary N) is 1. The van der Waals surface area contributed by atoms with E-state index in [1.807, 2.05) is 54.3 Å². The molecule has 0 spiro atoms. The highest BCUT2D eigenvalue weighted by Gasteiger charge is 2.20. The Bertz CT molecular complexity index is 740. The Kier molecular flexibility index (Phi) is 4.42. The summed E-state index contributed by atoms with van der Waals surface area (Å²) in [6, 6.07) is 15.2. The van der Waals surface area contributed by atoms with Crippen molar-refractivity contribution in [2.45, 2.75) is 26.3 Å². The zero-order chi connectivity index (χ0) is 16.2. The van der Waals surface area contributed by atoms with E-state index in [0.29, 0.717) is 18.5 Å². The fraction of sp³-hybridized carbons (Fsp3) is 0.263. The molecule has 0 saturated carbocycles. The van der Waals surface area contributed by atoms with Crippen LogP contribution in [-0.2, 0) is 11.3 Å². The number of hydrogen-bond acceptors (Lipinski definition) is 2. The van der Waals surface area contributed by atoms with E-state index in [2.05, 4.69) is 5.32 Å². The highest BCUT2D eigenvalue weighted by atomic mass is 16.2. The SMILES string of the molecule is Cc1ccccc1NC(=O)c1cccc(CN2CCCC2=O)c1. The van der Waals surface area contributed by atoms with Gasteiger partial charge in [0.05, 0.1) is 0 Å². The molecule has 23 heavy (non-hydrogen) atoms. The molecule has 1 saturated heterocycles. The van der Waals surface area contributed by atoms with Gasteiger partial charge in [0, 0.05) is 30.8 Å². The van der Waals surface area contributed by atoms with E-state index in [-0.39, 0.29) is 11.8 Å². The van der Waals surface area contributed by atoms with E-state index in [1.165, 1.54) is 0 Å². The van der Waals surface area contributed by atoms with Crippen LogP contribution in [0.1, 0.15) is 34.3 Å². The number of likely N-dealkylation sites (tertiary alicyclic amines) is 1. The quantitative estimate of drug-likeness (QED) is 0.941. The normalized spacial score (nSPS) is 14.1. The highest BCUT2D eigenvalue weighted by Crippen LogP contribution is 2.17. The van der Waals surface area contributed by atoms with Gasteiger partial charge in [0.2, 0.25) is 5.91 Å². The number of carbonyl (C=O) groups is 2. The molecule has 1 fully saturated rings. The van der Waals surface area contributed by atoms with Crippen LogP contribution in [0.5, 0.6) is 0 Å². The molecule has 1 heterocycles. The van der Waals surface area contributed by atoms with Crippen molar-refractivity contribution < 1.29 is 9.59 Å². The minimum absolute atomic E-state index is 0.131. The van der Waals surface area contributed by atoms with E-state index in [9.17, 15) is 9.59 Å². The van der Waals surface area contributed by atoms with Crippen LogP contribution in [0.25, 0.3) is 0 Å². The summed E-state index contributed by atoms with van der Waals surface area (Å²) in [5.41, 5.74) is 3.44. The fourth-order valence-electron chi connectivity index (χ4n) is 2.81. The number of nitrogens with zero attached hydrogens (tertiary/aromatic N) is 1. The van der Waals surface area contributed by atoms with E-state index < -0.39 is 0 Å². The van der Waals surface area contributed by atoms with E-state index in [4.69, 9.17) is 0 Å². The zero-order valence-corrected chi connectivity index (χ0v) is 13.2. The Hall–Kier alpha value is -2.62. The molecule has 0 atom stereocenters. The van der Waals surface area contributed by atoms with Crippen molar-refractivity contribution in [3.05, 3.63) is 65.2 Å². The van der Waals surface area contributed by atoms with Crippen LogP contribution in [0.3, 0.4) is 0 Å². The van der Waals surface area contributed by atoms with Gasteiger partial charge in [-0.1, -0.05) is 30.3 Å². The molecule has 0 aliphatic carbocycles. The predicted octanol–water partition coefficient (Wildman–Crippen LogP) is 3.37. The van der Waals surface area contributed by atoms with Gasteiger partial charge in [-0.2, -0.15) is 0 Å². The maximum absolute atomic E-state index is 12.4. The monoisotopic (exact) mass is 308 g/mol. The molecule has 0 radical (unpaired) electrons. The van der Waals surface area contributed by atoms with Crippen LogP contribution >= 0.6 is 0 Å². The summed E-state index contributed by atoms with van der Waals surface area (Å²) < 4.78 is 0. The second kappa shape index (κ2) is 6.65. The molecule has 1 N–H and O–H groups in total. The lowest BCUT2D eigenvalue weighted by Crippen LogP contribution is -2.24. The van der Waals surface area contributed by atoms with Crippen LogP contribution in [0.15, 0.2) is 48.5 Å². The Morgan fingerprint density at radius 1 is 1.17 bits per heavy atom. The molecule has 1 aliphatic heterocycles. The average molecular weight is 308 g/mol. The Balaban J connectivity index is 1.72. The van der Waals surface area contributed by atoms with Crippen molar-refractivity contribution >= 4 is 17.5 Å². The van der Waals surface area contributed by atoms with Crippen molar-refractivity contribution in [2.75, 3.05) is 11.9 Å². The third kappa shape index (κ3) is 3.59. The molecule has 0 bridgehead atoms. The third-order valence-electron chi connectivity index (χ3n) is 4.13. The Morgan fingerprint density at radius 2 is 2.00 bits per heavy atom. The molecule has 0 unspecified atom stereocenters. The van der Waals surface area contributed by atoms with Gasteiger partial charge in [-0.05, 0) is 42.7 Å². The first-order valence-electron chi connectivity index (χ1n) is 7.87. The molecule has 118 valence electrons. The summed E-state index contributed by atoms with van der Waals surface area (Å²) in [5.74, 6) is 0.0636. The van der Waals surface area contributed by atoms with Crippen molar-refractivity contribution in [1.82, 2.24) is 4.90 Å². The second-order valence-electron chi connectivity index (χ2n) is 5.89. The topological polar surface area (TPSA) is 49.4 Å². The molecule has 3 rings (SSSR count). The van der Waals surface area contributed by atoms with Gasteiger partial charge in [-0.25, -0.2) is 0 Å². The summed E-state index contributed by atoms with van der Waals surface area (Å²) in [5, 5.41) is 2.94. The van der Waals surface area contributed by atoms with Crippen LogP contribution in [0, 0.1) is 6.92 Å². The van der Waals surface area contributed by atoms with Crippen molar-refractivity contribution in [3.8, 4) is 0 Å². The number of amides is 2. The van der Waals surface area contributed by atoms with Gasteiger partial charge >= 0.3 is 0 Å². The molecule has 2 amide bonds. The average Bonchev–Trinajstić information content (AvgIpc) is 2.95. The van der Waals surface area contributed by atoms with Gasteiger partial charge in [0.15, 0.2) is 0 Å². The lowest BCUT2D eigenvalue weighted by molar-refractivity contribution is -0.128. The number of para-hydroxylation sites is 1. The van der Waals surface area contributed by atoms with Crippen LogP contribution < -0.4 is 5.32 Å². The summed E-state index contributed by atoms with van der Waals surface area (Å²) in [6.07, 6.45) is 1.56. The Labute approximate surface area is 136 Å². The summed E-state index contributed by atoms with van der Waals surface area (Å²) in [7, 11) is 0. The summed E-state index contributed by atoms with van der Waals surface area (Å²) in [4.78, 5) is 26.0. The highest BCUT2D eigenvalue weighted by molar-refractivity contribution is 6.04. The maximum atomic E-state index is 12.4. The van der Waals surface area contributed by atoms with Gasteiger partial charge < -0.3 is 10.2 Å². The molecule has 2 aromatic rings. The molecular formula is C19H20N2O2. The number of benzene rings is 2. The standard InChI is InChI=1S/C19H20N2O2/c1-14-6-2-3-9-17(14)20-19(23)16-8-4-7-15(12-16)13-21-11-5-10-18(21)22/h2-4,6-9,12H,5,10-11,13H2,1H3,(H,20,23). The Morgan fingerprint density at radius 3 is 2.74 bits per heavy atom. The molecule has 0 aromatic heterocycles. The first kappa shape index (κ1) is 15.3. The number of aryl methyl sites for hydroxylation is 1. The van der Waals surface area contributed by atoms with Gasteiger partial charge in [-0.3, -0.25) is 9.59 Å². The number of rotatable bonds is 4. The molecule has 4 nitrogen and oxygen atoms in total. The minimum Gasteiger partial charge on any atom is -0.338 e. The van der Waals surface area contributed by atoms with E-state index >= 15 is 0 Å². The van der Waals surface area contributed by atoms with Crippen molar-refractivity contribution in [2.24, 2.45) is 0 Å². The molecule has 1 aliphatic rings. The first-order chi connectivity index (χ1) is 11.1. The van der Waals surface area contributed by atoms with Gasteiger partial charge in [0.25, 0.3) is 5.91 Å². The summed E-state index contributed by atoms with van der Waals surface area (Å²) in [6.45, 7) is 3.34. The second-order valence-corrected chi connectivity index (χ2v) is 5.89. The third-order valence-corrected chi connectivity index (χ3v) is 4.13. The van der Waals surface area contributed by atoms with E-state index in [1.54, 1.807) is 6.07 Å². The van der Waals surface area contributed by atoms with Crippen molar-refractivity contribution in [1.29, 1.82) is 0 Å². The lowest BCUT2D eigenvalue weighted by atomic mass is 10.1. The molecule has 2 aromatic carbocycles. The maximum Gasteiger partial charge on any atom is 0.255 e. The number of anilines is 1.